The van der Waals surface area contributed by atoms with Gasteiger partial charge in [0.15, 0.2) is 0 Å². The fourth-order valence-electron chi connectivity index (χ4n) is 5.59. The standard InChI is InChI=1S/C32H28N6O6/c1-36-26(30(40)35-32(36)42)17-20-6-10-22(11-7-20)33-29(28-24-18-23(38(43)44)12-13-25(24)34-31(28)41)21-8-4-19(5-9-21)14-16-37-15-2-3-27(37)39/h4-13,17-18,28H,2-3,14-16H2,1H3,(H,34,41)(H,35,40,42). The molecule has 3 heterocycles. The van der Waals surface area contributed by atoms with E-state index in [1.807, 2.05) is 29.2 Å². The van der Waals surface area contributed by atoms with Crippen LogP contribution in [0.3, 0.4) is 0 Å². The fourth-order valence-corrected chi connectivity index (χ4v) is 5.59. The number of nitrogens with one attached hydrogen (secondary N) is 2. The van der Waals surface area contributed by atoms with Gasteiger partial charge in [-0.15, -0.1) is 0 Å². The number of imide groups is 1. The lowest BCUT2D eigenvalue weighted by Gasteiger charge is -2.16. The van der Waals surface area contributed by atoms with Crippen LogP contribution in [0.15, 0.2) is 77.4 Å². The second-order valence-electron chi connectivity index (χ2n) is 10.8. The van der Waals surface area contributed by atoms with Crippen LogP contribution in [0.1, 0.15) is 41.0 Å². The molecule has 0 spiro atoms. The van der Waals surface area contributed by atoms with Crippen molar-refractivity contribution in [2.75, 3.05) is 25.5 Å². The lowest BCUT2D eigenvalue weighted by atomic mass is 9.90. The molecule has 12 heteroatoms. The van der Waals surface area contributed by atoms with Crippen LogP contribution in [-0.4, -0.2) is 64.3 Å². The predicted molar refractivity (Wildman–Crippen MR) is 162 cm³/mol. The number of amides is 5. The van der Waals surface area contributed by atoms with Crippen LogP contribution in [0.25, 0.3) is 6.08 Å². The van der Waals surface area contributed by atoms with E-state index in [1.165, 1.54) is 30.1 Å². The van der Waals surface area contributed by atoms with E-state index in [9.17, 15) is 29.3 Å². The van der Waals surface area contributed by atoms with Gasteiger partial charge in [0.05, 0.1) is 16.3 Å². The molecule has 2 fully saturated rings. The first kappa shape index (κ1) is 28.5. The Hall–Kier alpha value is -5.65. The van der Waals surface area contributed by atoms with Crippen LogP contribution >= 0.6 is 0 Å². The van der Waals surface area contributed by atoms with Crippen molar-refractivity contribution >= 4 is 52.6 Å². The maximum Gasteiger partial charge on any atom is 0.328 e. The second-order valence-corrected chi connectivity index (χ2v) is 10.8. The Morgan fingerprint density at radius 1 is 1.02 bits per heavy atom. The molecule has 2 N–H and O–H groups in total. The molecule has 0 aliphatic carbocycles. The molecule has 1 unspecified atom stereocenters. The summed E-state index contributed by atoms with van der Waals surface area (Å²) < 4.78 is 0. The Bertz CT molecular complexity index is 1760. The monoisotopic (exact) mass is 592 g/mol. The number of carbonyl (C=O) groups is 4. The molecular weight excluding hydrogens is 564 g/mol. The van der Waals surface area contributed by atoms with E-state index in [4.69, 9.17) is 4.99 Å². The number of nitrogens with zero attached hydrogens (tertiary/aromatic N) is 4. The van der Waals surface area contributed by atoms with E-state index in [0.717, 1.165) is 18.5 Å². The molecule has 44 heavy (non-hydrogen) atoms. The number of nitro groups is 1. The summed E-state index contributed by atoms with van der Waals surface area (Å²) in [4.78, 5) is 68.2. The summed E-state index contributed by atoms with van der Waals surface area (Å²) in [5.74, 6) is -1.57. The molecule has 2 saturated heterocycles. The number of aliphatic imine (C=N–C) groups is 1. The third-order valence-electron chi connectivity index (χ3n) is 8.01. The Labute approximate surface area is 252 Å². The smallest absolute Gasteiger partial charge is 0.328 e. The summed E-state index contributed by atoms with van der Waals surface area (Å²) >= 11 is 0. The molecule has 3 aromatic rings. The van der Waals surface area contributed by atoms with Crippen molar-refractivity contribution in [1.29, 1.82) is 0 Å². The van der Waals surface area contributed by atoms with Crippen molar-refractivity contribution < 1.29 is 24.1 Å². The highest BCUT2D eigenvalue weighted by atomic mass is 16.6. The Balaban J connectivity index is 1.34. The minimum absolute atomic E-state index is 0.131. The van der Waals surface area contributed by atoms with Crippen LogP contribution < -0.4 is 10.6 Å². The van der Waals surface area contributed by atoms with Gasteiger partial charge in [-0.25, -0.2) is 4.79 Å². The van der Waals surface area contributed by atoms with Gasteiger partial charge in [-0.3, -0.25) is 39.7 Å². The van der Waals surface area contributed by atoms with E-state index in [1.54, 1.807) is 30.3 Å². The van der Waals surface area contributed by atoms with Gasteiger partial charge in [0, 0.05) is 49.9 Å². The number of non-ortho nitro benzene ring substituents is 1. The number of hydrogen-bond acceptors (Lipinski definition) is 7. The molecule has 222 valence electrons. The van der Waals surface area contributed by atoms with Crippen molar-refractivity contribution in [3.63, 3.8) is 0 Å². The average molecular weight is 593 g/mol. The molecule has 3 aromatic carbocycles. The number of likely N-dealkylation sites (N-methyl/N-ethyl adjacent to an activating group) is 1. The minimum Gasteiger partial charge on any atom is -0.342 e. The van der Waals surface area contributed by atoms with Gasteiger partial charge in [0.2, 0.25) is 11.8 Å². The Kier molecular flexibility index (Phi) is 7.48. The molecule has 12 nitrogen and oxygen atoms in total. The molecular formula is C32H28N6O6. The maximum atomic E-state index is 13.3. The summed E-state index contributed by atoms with van der Waals surface area (Å²) in [7, 11) is 1.50. The van der Waals surface area contributed by atoms with Crippen LogP contribution in [0.2, 0.25) is 0 Å². The third-order valence-corrected chi connectivity index (χ3v) is 8.01. The van der Waals surface area contributed by atoms with Crippen molar-refractivity contribution in [2.24, 2.45) is 4.99 Å². The summed E-state index contributed by atoms with van der Waals surface area (Å²) in [6.45, 7) is 1.41. The number of anilines is 1. The molecule has 0 bridgehead atoms. The topological polar surface area (TPSA) is 154 Å². The maximum absolute atomic E-state index is 13.3. The molecule has 0 saturated carbocycles. The molecule has 1 atom stereocenters. The number of fused-ring (bicyclic) bond motifs is 1. The van der Waals surface area contributed by atoms with Crippen molar-refractivity contribution in [3.05, 3.63) is 105 Å². The van der Waals surface area contributed by atoms with Crippen LogP contribution in [0.4, 0.5) is 21.9 Å². The highest BCUT2D eigenvalue weighted by Gasteiger charge is 2.37. The summed E-state index contributed by atoms with van der Waals surface area (Å²) in [5, 5.41) is 16.6. The first-order valence-electron chi connectivity index (χ1n) is 14.1. The van der Waals surface area contributed by atoms with E-state index >= 15 is 0 Å². The van der Waals surface area contributed by atoms with Crippen molar-refractivity contribution in [1.82, 2.24) is 15.1 Å². The van der Waals surface area contributed by atoms with E-state index < -0.39 is 22.8 Å². The summed E-state index contributed by atoms with van der Waals surface area (Å²) in [6.07, 6.45) is 3.74. The first-order valence-corrected chi connectivity index (χ1v) is 14.1. The van der Waals surface area contributed by atoms with Gasteiger partial charge in [0.1, 0.15) is 11.6 Å². The quantitative estimate of drug-likeness (QED) is 0.132. The second kappa shape index (κ2) is 11.6. The first-order chi connectivity index (χ1) is 21.2. The normalized spacial score (nSPS) is 19.1. The van der Waals surface area contributed by atoms with Gasteiger partial charge < -0.3 is 10.2 Å². The zero-order valence-corrected chi connectivity index (χ0v) is 23.8. The highest BCUT2D eigenvalue weighted by molar-refractivity contribution is 6.24. The average Bonchev–Trinajstić information content (AvgIpc) is 3.65. The molecule has 6 rings (SSSR count). The number of likely N-dealkylation sites (tertiary alicyclic amines) is 1. The molecule has 0 radical (unpaired) electrons. The van der Waals surface area contributed by atoms with Crippen molar-refractivity contribution in [2.45, 2.75) is 25.2 Å². The van der Waals surface area contributed by atoms with Crippen LogP contribution in [-0.2, 0) is 20.8 Å². The van der Waals surface area contributed by atoms with Gasteiger partial charge in [-0.05, 0) is 53.8 Å². The van der Waals surface area contributed by atoms with E-state index in [-0.39, 0.29) is 23.2 Å². The minimum atomic E-state index is -0.901. The Morgan fingerprint density at radius 3 is 2.41 bits per heavy atom. The lowest BCUT2D eigenvalue weighted by Crippen LogP contribution is -2.26. The number of hydrogen-bond donors (Lipinski definition) is 2. The third kappa shape index (κ3) is 5.56. The zero-order valence-electron chi connectivity index (χ0n) is 23.8. The van der Waals surface area contributed by atoms with Crippen LogP contribution in [0, 0.1) is 10.1 Å². The number of benzene rings is 3. The zero-order chi connectivity index (χ0) is 31.0. The molecule has 0 aromatic heterocycles. The molecule has 3 aliphatic heterocycles. The molecule has 3 aliphatic rings. The van der Waals surface area contributed by atoms with Gasteiger partial charge in [-0.1, -0.05) is 36.4 Å². The fraction of sp³-hybridized carbons (Fsp3) is 0.219. The molecule has 5 amide bonds. The van der Waals surface area contributed by atoms with E-state index in [2.05, 4.69) is 10.6 Å². The number of urea groups is 1. The highest BCUT2D eigenvalue weighted by Crippen LogP contribution is 2.38. The summed E-state index contributed by atoms with van der Waals surface area (Å²) in [5.41, 5.74) is 4.31. The summed E-state index contributed by atoms with van der Waals surface area (Å²) in [6, 6.07) is 18.3. The number of carbonyl (C=O) groups excluding carboxylic acids is 4. The van der Waals surface area contributed by atoms with E-state index in [0.29, 0.717) is 53.2 Å². The SMILES string of the molecule is CN1C(=O)NC(=O)C1=Cc1ccc(N=C(c2ccc(CCN3CCCC3=O)cc2)C2C(=O)Nc3ccc([N+](=O)[O-])cc32)cc1. The number of rotatable bonds is 8. The predicted octanol–water partition coefficient (Wildman–Crippen LogP) is 4.14. The van der Waals surface area contributed by atoms with Gasteiger partial charge in [-0.2, -0.15) is 0 Å². The van der Waals surface area contributed by atoms with Crippen LogP contribution in [0.5, 0.6) is 0 Å². The van der Waals surface area contributed by atoms with Gasteiger partial charge in [0.25, 0.3) is 11.6 Å². The number of nitro benzene ring substituents is 1. The van der Waals surface area contributed by atoms with Crippen molar-refractivity contribution in [3.8, 4) is 0 Å². The Morgan fingerprint density at radius 2 is 1.77 bits per heavy atom. The largest absolute Gasteiger partial charge is 0.342 e. The van der Waals surface area contributed by atoms with Gasteiger partial charge >= 0.3 is 6.03 Å². The lowest BCUT2D eigenvalue weighted by molar-refractivity contribution is -0.384.